The molecule has 1 atom stereocenters. The summed E-state index contributed by atoms with van der Waals surface area (Å²) in [6.07, 6.45) is 6.17. The molecule has 0 aliphatic carbocycles. The first-order valence-electron chi connectivity index (χ1n) is 9.75. The van der Waals surface area contributed by atoms with Crippen LogP contribution in [0.4, 0.5) is 5.69 Å². The van der Waals surface area contributed by atoms with Crippen LogP contribution in [0.3, 0.4) is 0 Å². The summed E-state index contributed by atoms with van der Waals surface area (Å²) in [5.74, 6) is -0.238. The lowest BCUT2D eigenvalue weighted by molar-refractivity contribution is -0.124. The van der Waals surface area contributed by atoms with E-state index in [-0.39, 0.29) is 17.9 Å². The molecule has 2 heterocycles. The van der Waals surface area contributed by atoms with Crippen LogP contribution >= 0.6 is 0 Å². The molecule has 6 heteroatoms. The van der Waals surface area contributed by atoms with E-state index in [2.05, 4.69) is 15.5 Å². The third-order valence-electron chi connectivity index (χ3n) is 5.00. The second-order valence-electron chi connectivity index (χ2n) is 7.08. The molecule has 3 rings (SSSR count). The van der Waals surface area contributed by atoms with Gasteiger partial charge in [-0.2, -0.15) is 0 Å². The van der Waals surface area contributed by atoms with Crippen molar-refractivity contribution in [1.29, 1.82) is 0 Å². The van der Waals surface area contributed by atoms with E-state index in [0.29, 0.717) is 24.4 Å². The second-order valence-corrected chi connectivity index (χ2v) is 7.08. The van der Waals surface area contributed by atoms with Gasteiger partial charge in [0.2, 0.25) is 0 Å². The molecule has 2 fully saturated rings. The number of anilines is 1. The Bertz CT molecular complexity index is 608. The molecule has 6 nitrogen and oxygen atoms in total. The molecule has 2 saturated heterocycles. The van der Waals surface area contributed by atoms with Crippen LogP contribution in [0.25, 0.3) is 0 Å². The summed E-state index contributed by atoms with van der Waals surface area (Å²) in [6.45, 7) is 4.71. The van der Waals surface area contributed by atoms with Gasteiger partial charge in [0.1, 0.15) is 6.10 Å². The van der Waals surface area contributed by atoms with Crippen molar-refractivity contribution in [2.75, 3.05) is 38.1 Å². The average molecular weight is 359 g/mol. The van der Waals surface area contributed by atoms with E-state index >= 15 is 0 Å². The minimum absolute atomic E-state index is 0.100. The zero-order valence-corrected chi connectivity index (χ0v) is 15.3. The molecule has 1 aromatic rings. The van der Waals surface area contributed by atoms with E-state index in [1.165, 1.54) is 32.4 Å². The lowest BCUT2D eigenvalue weighted by Gasteiger charge is -2.26. The van der Waals surface area contributed by atoms with Gasteiger partial charge in [-0.15, -0.1) is 0 Å². The standard InChI is InChI=1S/C20H29N3O3/c24-19(21-10-6-13-23-11-2-1-3-12-23)16-7-4-8-17(15-16)22-20(25)18-9-5-14-26-18/h4,7-8,15,18H,1-3,5-6,9-14H2,(H,21,24)(H,22,25). The van der Waals surface area contributed by atoms with Crippen molar-refractivity contribution < 1.29 is 14.3 Å². The highest BCUT2D eigenvalue weighted by Gasteiger charge is 2.23. The minimum Gasteiger partial charge on any atom is -0.368 e. The number of nitrogens with one attached hydrogen (secondary N) is 2. The Morgan fingerprint density at radius 2 is 2.00 bits per heavy atom. The molecule has 0 radical (unpaired) electrons. The largest absolute Gasteiger partial charge is 0.368 e. The van der Waals surface area contributed by atoms with Crippen molar-refractivity contribution in [2.45, 2.75) is 44.6 Å². The number of likely N-dealkylation sites (tertiary alicyclic amines) is 1. The number of ether oxygens (including phenoxy) is 1. The van der Waals surface area contributed by atoms with Gasteiger partial charge in [-0.3, -0.25) is 9.59 Å². The Balaban J connectivity index is 1.42. The van der Waals surface area contributed by atoms with E-state index in [0.717, 1.165) is 25.8 Å². The van der Waals surface area contributed by atoms with Crippen LogP contribution in [0.1, 0.15) is 48.9 Å². The lowest BCUT2D eigenvalue weighted by atomic mass is 10.1. The quantitative estimate of drug-likeness (QED) is 0.734. The molecule has 26 heavy (non-hydrogen) atoms. The molecular weight excluding hydrogens is 330 g/mol. The lowest BCUT2D eigenvalue weighted by Crippen LogP contribution is -2.33. The Hall–Kier alpha value is -1.92. The average Bonchev–Trinajstić information content (AvgIpc) is 3.21. The molecule has 2 aliphatic rings. The molecule has 0 saturated carbocycles. The van der Waals surface area contributed by atoms with Gasteiger partial charge in [-0.05, 0) is 69.9 Å². The summed E-state index contributed by atoms with van der Waals surface area (Å²) < 4.78 is 5.38. The number of hydrogen-bond acceptors (Lipinski definition) is 4. The first-order valence-corrected chi connectivity index (χ1v) is 9.75. The summed E-state index contributed by atoms with van der Waals surface area (Å²) in [5, 5.41) is 5.81. The van der Waals surface area contributed by atoms with Crippen molar-refractivity contribution >= 4 is 17.5 Å². The van der Waals surface area contributed by atoms with Crippen LogP contribution in [0.15, 0.2) is 24.3 Å². The summed E-state index contributed by atoms with van der Waals surface area (Å²) in [5.41, 5.74) is 1.19. The molecule has 1 unspecified atom stereocenters. The van der Waals surface area contributed by atoms with Crippen LogP contribution in [0, 0.1) is 0 Å². The highest BCUT2D eigenvalue weighted by Crippen LogP contribution is 2.16. The van der Waals surface area contributed by atoms with Crippen LogP contribution in [0.5, 0.6) is 0 Å². The number of benzene rings is 1. The van der Waals surface area contributed by atoms with E-state index in [1.54, 1.807) is 24.3 Å². The molecule has 1 aromatic carbocycles. The summed E-state index contributed by atoms with van der Waals surface area (Å²) in [7, 11) is 0. The van der Waals surface area contributed by atoms with E-state index in [1.807, 2.05) is 0 Å². The maximum absolute atomic E-state index is 12.3. The van der Waals surface area contributed by atoms with Crippen LogP contribution in [0.2, 0.25) is 0 Å². The van der Waals surface area contributed by atoms with Crippen molar-refractivity contribution in [1.82, 2.24) is 10.2 Å². The number of hydrogen-bond donors (Lipinski definition) is 2. The molecule has 142 valence electrons. The Morgan fingerprint density at radius 1 is 1.15 bits per heavy atom. The minimum atomic E-state index is -0.373. The van der Waals surface area contributed by atoms with Crippen molar-refractivity contribution in [2.24, 2.45) is 0 Å². The fourth-order valence-corrected chi connectivity index (χ4v) is 3.54. The zero-order chi connectivity index (χ0) is 18.2. The van der Waals surface area contributed by atoms with E-state index in [9.17, 15) is 9.59 Å². The van der Waals surface area contributed by atoms with Gasteiger partial charge >= 0.3 is 0 Å². The van der Waals surface area contributed by atoms with Gasteiger partial charge in [0.05, 0.1) is 0 Å². The molecule has 0 spiro atoms. The van der Waals surface area contributed by atoms with Crippen molar-refractivity contribution in [3.8, 4) is 0 Å². The fraction of sp³-hybridized carbons (Fsp3) is 0.600. The SMILES string of the molecule is O=C(NCCCN1CCCCC1)c1cccc(NC(=O)C2CCCO2)c1. The molecule has 2 N–H and O–H groups in total. The topological polar surface area (TPSA) is 70.7 Å². The number of nitrogens with zero attached hydrogens (tertiary/aromatic N) is 1. The predicted molar refractivity (Wildman–Crippen MR) is 101 cm³/mol. The second kappa shape index (κ2) is 9.69. The van der Waals surface area contributed by atoms with E-state index < -0.39 is 0 Å². The Kier molecular flexibility index (Phi) is 7.03. The monoisotopic (exact) mass is 359 g/mol. The Morgan fingerprint density at radius 3 is 2.77 bits per heavy atom. The highest BCUT2D eigenvalue weighted by atomic mass is 16.5. The van der Waals surface area contributed by atoms with Crippen molar-refractivity contribution in [3.05, 3.63) is 29.8 Å². The molecule has 2 aliphatic heterocycles. The number of carbonyl (C=O) groups excluding carboxylic acids is 2. The third-order valence-corrected chi connectivity index (χ3v) is 5.00. The Labute approximate surface area is 155 Å². The van der Waals surface area contributed by atoms with Gasteiger partial charge in [-0.25, -0.2) is 0 Å². The maximum atomic E-state index is 12.3. The molecular formula is C20H29N3O3. The fourth-order valence-electron chi connectivity index (χ4n) is 3.54. The molecule has 0 bridgehead atoms. The third kappa shape index (κ3) is 5.54. The zero-order valence-electron chi connectivity index (χ0n) is 15.3. The van der Waals surface area contributed by atoms with Gasteiger partial charge in [0.25, 0.3) is 11.8 Å². The predicted octanol–water partition coefficient (Wildman–Crippen LogP) is 2.41. The number of rotatable bonds is 7. The van der Waals surface area contributed by atoms with E-state index in [4.69, 9.17) is 4.74 Å². The number of piperidine rings is 1. The van der Waals surface area contributed by atoms with Gasteiger partial charge in [0, 0.05) is 24.4 Å². The van der Waals surface area contributed by atoms with Gasteiger partial charge < -0.3 is 20.3 Å². The highest BCUT2D eigenvalue weighted by molar-refractivity contribution is 5.98. The molecule has 0 aromatic heterocycles. The normalized spacial score (nSPS) is 20.7. The summed E-state index contributed by atoms with van der Waals surface area (Å²) in [6, 6.07) is 7.06. The summed E-state index contributed by atoms with van der Waals surface area (Å²) in [4.78, 5) is 26.9. The first kappa shape index (κ1) is 18.9. The maximum Gasteiger partial charge on any atom is 0.253 e. The first-order chi connectivity index (χ1) is 12.7. The molecule has 2 amide bonds. The smallest absolute Gasteiger partial charge is 0.253 e. The van der Waals surface area contributed by atoms with Crippen LogP contribution in [-0.2, 0) is 9.53 Å². The number of amides is 2. The number of carbonyl (C=O) groups is 2. The van der Waals surface area contributed by atoms with Crippen molar-refractivity contribution in [3.63, 3.8) is 0 Å². The van der Waals surface area contributed by atoms with Gasteiger partial charge in [0.15, 0.2) is 0 Å². The summed E-state index contributed by atoms with van der Waals surface area (Å²) >= 11 is 0. The van der Waals surface area contributed by atoms with Crippen LogP contribution < -0.4 is 10.6 Å². The van der Waals surface area contributed by atoms with Crippen LogP contribution in [-0.4, -0.2) is 55.6 Å². The van der Waals surface area contributed by atoms with Gasteiger partial charge in [-0.1, -0.05) is 12.5 Å².